The number of benzene rings is 1. The molecular formula is C18H28N2O3. The first-order chi connectivity index (χ1) is 11.1. The number of carbonyl (C=O) groups is 1. The van der Waals surface area contributed by atoms with Crippen molar-refractivity contribution in [1.82, 2.24) is 0 Å². The van der Waals surface area contributed by atoms with Gasteiger partial charge in [0, 0.05) is 18.8 Å². The van der Waals surface area contributed by atoms with Crippen molar-refractivity contribution in [2.45, 2.75) is 38.6 Å². The van der Waals surface area contributed by atoms with E-state index < -0.39 is 6.04 Å². The monoisotopic (exact) mass is 320 g/mol. The van der Waals surface area contributed by atoms with Crippen LogP contribution in [-0.2, 0) is 20.7 Å². The Bertz CT molecular complexity index is 527. The molecule has 2 N–H and O–H groups in total. The molecule has 0 aliphatic carbocycles. The predicted molar refractivity (Wildman–Crippen MR) is 91.9 cm³/mol. The second-order valence-corrected chi connectivity index (χ2v) is 6.14. The van der Waals surface area contributed by atoms with Crippen molar-refractivity contribution >= 4 is 11.7 Å². The Labute approximate surface area is 138 Å². The number of morpholine rings is 1. The quantitative estimate of drug-likeness (QED) is 0.813. The summed E-state index contributed by atoms with van der Waals surface area (Å²) >= 11 is 0. The lowest BCUT2D eigenvalue weighted by Gasteiger charge is -2.32. The lowest BCUT2D eigenvalue weighted by molar-refractivity contribution is -0.142. The average molecular weight is 320 g/mol. The maximum atomic E-state index is 11.5. The normalized spacial score (nSPS) is 17.7. The molecule has 5 nitrogen and oxygen atoms in total. The van der Waals surface area contributed by atoms with Crippen LogP contribution in [0.5, 0.6) is 0 Å². The molecule has 5 heteroatoms. The number of hydrogen-bond acceptors (Lipinski definition) is 5. The summed E-state index contributed by atoms with van der Waals surface area (Å²) in [5, 5.41) is 0. The molecule has 1 aliphatic heterocycles. The molecule has 0 aromatic heterocycles. The summed E-state index contributed by atoms with van der Waals surface area (Å²) in [7, 11) is 1.37. The number of ether oxygens (including phenoxy) is 2. The van der Waals surface area contributed by atoms with Gasteiger partial charge in [0.2, 0.25) is 0 Å². The Morgan fingerprint density at radius 2 is 2.09 bits per heavy atom. The van der Waals surface area contributed by atoms with Gasteiger partial charge in [0.05, 0.1) is 20.3 Å². The molecule has 0 amide bonds. The first-order valence-electron chi connectivity index (χ1n) is 8.35. The molecule has 0 bridgehead atoms. The Balaban J connectivity index is 2.24. The largest absolute Gasteiger partial charge is 0.468 e. The molecule has 0 radical (unpaired) electrons. The van der Waals surface area contributed by atoms with Gasteiger partial charge in [-0.05, 0) is 36.0 Å². The van der Waals surface area contributed by atoms with E-state index in [4.69, 9.17) is 15.2 Å². The topological polar surface area (TPSA) is 64.8 Å². The number of nitrogens with zero attached hydrogens (tertiary/aromatic N) is 1. The number of anilines is 1. The summed E-state index contributed by atoms with van der Waals surface area (Å²) < 4.78 is 10.2. The Hall–Kier alpha value is -1.59. The minimum Gasteiger partial charge on any atom is -0.468 e. The summed E-state index contributed by atoms with van der Waals surface area (Å²) in [6.45, 7) is 7.82. The van der Waals surface area contributed by atoms with Crippen LogP contribution in [0.4, 0.5) is 5.69 Å². The number of esters is 1. The van der Waals surface area contributed by atoms with Crippen LogP contribution in [-0.4, -0.2) is 45.4 Å². The van der Waals surface area contributed by atoms with Crippen molar-refractivity contribution in [3.8, 4) is 0 Å². The molecule has 1 saturated heterocycles. The van der Waals surface area contributed by atoms with Gasteiger partial charge in [-0.25, -0.2) is 0 Å². The van der Waals surface area contributed by atoms with Crippen LogP contribution in [0.1, 0.15) is 37.3 Å². The van der Waals surface area contributed by atoms with Gasteiger partial charge in [0.15, 0.2) is 0 Å². The van der Waals surface area contributed by atoms with Gasteiger partial charge in [0.25, 0.3) is 0 Å². The summed E-state index contributed by atoms with van der Waals surface area (Å²) in [6.07, 6.45) is 1.57. The molecule has 1 aromatic rings. The van der Waals surface area contributed by atoms with Crippen molar-refractivity contribution in [3.05, 3.63) is 29.3 Å². The fraction of sp³-hybridized carbons (Fsp3) is 0.611. The molecule has 128 valence electrons. The average Bonchev–Trinajstić information content (AvgIpc) is 2.60. The summed E-state index contributed by atoms with van der Waals surface area (Å²) in [5.74, 6) is 0.0921. The molecule has 1 aromatic carbocycles. The maximum Gasteiger partial charge on any atom is 0.322 e. The van der Waals surface area contributed by atoms with Crippen LogP contribution in [0.25, 0.3) is 0 Å². The van der Waals surface area contributed by atoms with E-state index in [1.807, 2.05) is 0 Å². The SMILES string of the molecule is CCC(C)c1cc(CC(N)C(=O)OC)ccc1N1CCOCC1. The van der Waals surface area contributed by atoms with Gasteiger partial charge in [-0.3, -0.25) is 4.79 Å². The zero-order valence-electron chi connectivity index (χ0n) is 14.4. The highest BCUT2D eigenvalue weighted by Gasteiger charge is 2.20. The van der Waals surface area contributed by atoms with Gasteiger partial charge in [0.1, 0.15) is 6.04 Å². The van der Waals surface area contributed by atoms with E-state index in [1.165, 1.54) is 18.4 Å². The number of hydrogen-bond donors (Lipinski definition) is 1. The molecule has 1 heterocycles. The van der Waals surface area contributed by atoms with Gasteiger partial charge in [-0.1, -0.05) is 26.0 Å². The molecule has 1 aliphatic rings. The molecule has 1 fully saturated rings. The minimum absolute atomic E-state index is 0.368. The number of nitrogens with two attached hydrogens (primary N) is 1. The number of carbonyl (C=O) groups excluding carboxylic acids is 1. The fourth-order valence-electron chi connectivity index (χ4n) is 2.93. The van der Waals surface area contributed by atoms with Crippen molar-refractivity contribution in [2.24, 2.45) is 5.73 Å². The fourth-order valence-corrected chi connectivity index (χ4v) is 2.93. The Morgan fingerprint density at radius 1 is 1.39 bits per heavy atom. The highest BCUT2D eigenvalue weighted by atomic mass is 16.5. The van der Waals surface area contributed by atoms with E-state index >= 15 is 0 Å². The van der Waals surface area contributed by atoms with Crippen LogP contribution >= 0.6 is 0 Å². The summed E-state index contributed by atoms with van der Waals surface area (Å²) in [6, 6.07) is 5.81. The van der Waals surface area contributed by atoms with Gasteiger partial charge in [-0.15, -0.1) is 0 Å². The number of methoxy groups -OCH3 is 1. The van der Waals surface area contributed by atoms with Gasteiger partial charge >= 0.3 is 5.97 Å². The van der Waals surface area contributed by atoms with Gasteiger partial charge in [-0.2, -0.15) is 0 Å². The third-order valence-electron chi connectivity index (χ3n) is 4.55. The molecule has 2 unspecified atom stereocenters. The van der Waals surface area contributed by atoms with Crippen LogP contribution in [0.15, 0.2) is 18.2 Å². The van der Waals surface area contributed by atoms with Crippen molar-refractivity contribution in [1.29, 1.82) is 0 Å². The first kappa shape index (κ1) is 17.8. The summed E-state index contributed by atoms with van der Waals surface area (Å²) in [5.41, 5.74) is 9.58. The highest BCUT2D eigenvalue weighted by Crippen LogP contribution is 2.31. The highest BCUT2D eigenvalue weighted by molar-refractivity contribution is 5.75. The molecular weight excluding hydrogens is 292 g/mol. The van der Waals surface area contributed by atoms with Crippen molar-refractivity contribution < 1.29 is 14.3 Å². The van der Waals surface area contributed by atoms with Crippen LogP contribution in [0.3, 0.4) is 0 Å². The molecule has 23 heavy (non-hydrogen) atoms. The third kappa shape index (κ3) is 4.45. The molecule has 2 rings (SSSR count). The Morgan fingerprint density at radius 3 is 2.70 bits per heavy atom. The second kappa shape index (κ2) is 8.31. The molecule has 0 saturated carbocycles. The van der Waals surface area contributed by atoms with E-state index in [1.54, 1.807) is 0 Å². The summed E-state index contributed by atoms with van der Waals surface area (Å²) in [4.78, 5) is 13.9. The van der Waals surface area contributed by atoms with Crippen LogP contribution < -0.4 is 10.6 Å². The maximum absolute atomic E-state index is 11.5. The Kier molecular flexibility index (Phi) is 6.42. The van der Waals surface area contributed by atoms with E-state index in [-0.39, 0.29) is 5.97 Å². The van der Waals surface area contributed by atoms with Crippen molar-refractivity contribution in [2.75, 3.05) is 38.3 Å². The third-order valence-corrected chi connectivity index (χ3v) is 4.55. The predicted octanol–water partition coefficient (Wildman–Crippen LogP) is 2.08. The van der Waals surface area contributed by atoms with E-state index in [0.29, 0.717) is 12.3 Å². The smallest absolute Gasteiger partial charge is 0.322 e. The second-order valence-electron chi connectivity index (χ2n) is 6.14. The van der Waals surface area contributed by atoms with Crippen LogP contribution in [0.2, 0.25) is 0 Å². The number of rotatable bonds is 6. The van der Waals surface area contributed by atoms with Crippen molar-refractivity contribution in [3.63, 3.8) is 0 Å². The zero-order valence-corrected chi connectivity index (χ0v) is 14.4. The van der Waals surface area contributed by atoms with E-state index in [2.05, 4.69) is 36.9 Å². The standard InChI is InChI=1S/C18H28N2O3/c1-4-13(2)15-11-14(12-16(19)18(21)22-3)5-6-17(15)20-7-9-23-10-8-20/h5-6,11,13,16H,4,7-10,12,19H2,1-3H3. The lowest BCUT2D eigenvalue weighted by Crippen LogP contribution is -2.37. The minimum atomic E-state index is -0.612. The first-order valence-corrected chi connectivity index (χ1v) is 8.35. The molecule has 0 spiro atoms. The molecule has 2 atom stereocenters. The lowest BCUT2D eigenvalue weighted by atomic mass is 9.92. The van der Waals surface area contributed by atoms with E-state index in [0.717, 1.165) is 38.3 Å². The van der Waals surface area contributed by atoms with E-state index in [9.17, 15) is 4.79 Å². The zero-order chi connectivity index (χ0) is 16.8. The van der Waals surface area contributed by atoms with Crippen LogP contribution in [0, 0.1) is 0 Å². The van der Waals surface area contributed by atoms with Gasteiger partial charge < -0.3 is 20.1 Å².